The molecular formula is C40H73Cl3F4N4O2. The van der Waals surface area contributed by atoms with Crippen molar-refractivity contribution < 1.29 is 27.1 Å². The van der Waals surface area contributed by atoms with Gasteiger partial charge in [-0.3, -0.25) is 0 Å². The highest BCUT2D eigenvalue weighted by Crippen LogP contribution is 2.67. The largest absolute Gasteiger partial charge is 0.446 e. The van der Waals surface area contributed by atoms with E-state index in [1.165, 1.54) is 50.5 Å². The molecular weight excluding hydrogens is 751 g/mol. The second-order valence-corrected chi connectivity index (χ2v) is 17.6. The Morgan fingerprint density at radius 3 is 2.26 bits per heavy atom. The molecule has 0 radical (unpaired) electrons. The first-order valence-electron chi connectivity index (χ1n) is 20.0. The van der Waals surface area contributed by atoms with Crippen molar-refractivity contribution in [3.05, 3.63) is 11.6 Å². The van der Waals surface area contributed by atoms with Crippen LogP contribution in [0.25, 0.3) is 0 Å². The van der Waals surface area contributed by atoms with Crippen molar-refractivity contribution >= 4 is 43.3 Å². The lowest BCUT2D eigenvalue weighted by Crippen LogP contribution is -2.51. The average Bonchev–Trinajstić information content (AvgIpc) is 3.43. The number of nitrogens with one attached hydrogen (secondary N) is 1. The van der Waals surface area contributed by atoms with Crippen molar-refractivity contribution in [2.75, 3.05) is 39.3 Å². The zero-order valence-corrected chi connectivity index (χ0v) is 35.7. The minimum atomic E-state index is -3.25. The van der Waals surface area contributed by atoms with Crippen LogP contribution in [0, 0.1) is 52.3 Å². The number of ether oxygens (including phenoxy) is 1. The van der Waals surface area contributed by atoms with Crippen LogP contribution in [0.4, 0.5) is 22.4 Å². The standard InChI is InChI=1S/C40H70F4N4O2.3ClH/c1-7-29(27(2)3)11-10-28(4)33-14-15-34-32-13-12-30-22-31(16-18-37(30,5)35(32)17-19-38(33,34)6)50-36(49)48(26-40(43,44)24-46)21-9-8-20-47-25-39(41,42)23-45;;;/h12,27-29,31-35,47H,7-11,13-26,45-46H2,1-6H3;3*1H/t28-,29-,31+,32+,33-,34+,35+,37+,38-;;;/m1.../s1. The molecule has 0 unspecified atom stereocenters. The Morgan fingerprint density at radius 2 is 1.64 bits per heavy atom. The van der Waals surface area contributed by atoms with Gasteiger partial charge in [0.25, 0.3) is 11.8 Å². The molecule has 6 nitrogen and oxygen atoms in total. The molecule has 0 aromatic heterocycles. The van der Waals surface area contributed by atoms with Gasteiger partial charge in [0.15, 0.2) is 0 Å². The van der Waals surface area contributed by atoms with Gasteiger partial charge in [-0.05, 0) is 123 Å². The summed E-state index contributed by atoms with van der Waals surface area (Å²) in [6.45, 7) is 12.0. The highest BCUT2D eigenvalue weighted by atomic mass is 35.5. The van der Waals surface area contributed by atoms with Gasteiger partial charge in [-0.2, -0.15) is 0 Å². The molecule has 3 saturated carbocycles. The van der Waals surface area contributed by atoms with Crippen LogP contribution in [0.1, 0.15) is 125 Å². The van der Waals surface area contributed by atoms with Gasteiger partial charge in [0.05, 0.1) is 26.2 Å². The average molecular weight is 824 g/mol. The molecule has 9 atom stereocenters. The maximum Gasteiger partial charge on any atom is 0.410 e. The van der Waals surface area contributed by atoms with Crippen LogP contribution in [-0.4, -0.2) is 68.2 Å². The number of nitrogens with zero attached hydrogens (tertiary/aromatic N) is 1. The first kappa shape index (κ1) is 50.5. The van der Waals surface area contributed by atoms with Gasteiger partial charge in [0.2, 0.25) is 0 Å². The summed E-state index contributed by atoms with van der Waals surface area (Å²) < 4.78 is 61.5. The normalized spacial score (nSPS) is 30.7. The Labute approximate surface area is 337 Å². The molecule has 3 fully saturated rings. The maximum atomic E-state index is 14.4. The molecule has 0 aromatic carbocycles. The molecule has 1 amide bonds. The van der Waals surface area contributed by atoms with Gasteiger partial charge >= 0.3 is 6.09 Å². The van der Waals surface area contributed by atoms with Crippen LogP contribution >= 0.6 is 37.2 Å². The number of unbranched alkanes of at least 4 members (excludes halogenated alkanes) is 1. The summed E-state index contributed by atoms with van der Waals surface area (Å²) in [5, 5.41) is 2.65. The van der Waals surface area contributed by atoms with Gasteiger partial charge in [0.1, 0.15) is 6.10 Å². The van der Waals surface area contributed by atoms with Crippen molar-refractivity contribution in [3.8, 4) is 0 Å². The molecule has 0 spiro atoms. The van der Waals surface area contributed by atoms with Crippen LogP contribution in [0.3, 0.4) is 0 Å². The predicted octanol–water partition coefficient (Wildman–Crippen LogP) is 10.3. The van der Waals surface area contributed by atoms with E-state index < -0.39 is 44.1 Å². The number of nitrogens with two attached hydrogens (primary N) is 2. The number of allylic oxidation sites excluding steroid dienone is 1. The van der Waals surface area contributed by atoms with Gasteiger partial charge in [-0.15, -0.1) is 37.2 Å². The number of halogens is 7. The third-order valence-corrected chi connectivity index (χ3v) is 14.2. The number of hydrogen-bond acceptors (Lipinski definition) is 5. The number of fused-ring (bicyclic) bond motifs is 5. The van der Waals surface area contributed by atoms with Gasteiger partial charge in [0, 0.05) is 13.0 Å². The van der Waals surface area contributed by atoms with E-state index in [-0.39, 0.29) is 61.8 Å². The zero-order valence-electron chi connectivity index (χ0n) is 33.3. The molecule has 53 heavy (non-hydrogen) atoms. The monoisotopic (exact) mass is 822 g/mol. The summed E-state index contributed by atoms with van der Waals surface area (Å²) in [6, 6.07) is 0. The van der Waals surface area contributed by atoms with E-state index in [9.17, 15) is 22.4 Å². The molecule has 0 saturated heterocycles. The molecule has 0 heterocycles. The quantitative estimate of drug-likeness (QED) is 0.0727. The van der Waals surface area contributed by atoms with E-state index in [2.05, 4.69) is 52.9 Å². The van der Waals surface area contributed by atoms with Crippen molar-refractivity contribution in [2.45, 2.75) is 143 Å². The Balaban J connectivity index is 0.00000468. The Kier molecular flexibility index (Phi) is 20.3. The van der Waals surface area contributed by atoms with Crippen molar-refractivity contribution in [1.29, 1.82) is 0 Å². The molecule has 4 rings (SSSR count). The van der Waals surface area contributed by atoms with Gasteiger partial charge < -0.3 is 26.4 Å². The lowest BCUT2D eigenvalue weighted by molar-refractivity contribution is -0.0620. The fourth-order valence-corrected chi connectivity index (χ4v) is 11.1. The lowest BCUT2D eigenvalue weighted by Gasteiger charge is -2.58. The Morgan fingerprint density at radius 1 is 0.962 bits per heavy atom. The smallest absolute Gasteiger partial charge is 0.410 e. The number of amides is 1. The topological polar surface area (TPSA) is 93.6 Å². The summed E-state index contributed by atoms with van der Waals surface area (Å²) in [5.74, 6) is -1.00. The third-order valence-electron chi connectivity index (χ3n) is 14.2. The maximum absolute atomic E-state index is 14.4. The van der Waals surface area contributed by atoms with Gasteiger partial charge in [-0.1, -0.05) is 66.0 Å². The molecule has 0 bridgehead atoms. The Hall–Kier alpha value is -0.520. The molecule has 0 aromatic rings. The fourth-order valence-electron chi connectivity index (χ4n) is 11.1. The van der Waals surface area contributed by atoms with Crippen LogP contribution in [0.2, 0.25) is 0 Å². The van der Waals surface area contributed by atoms with E-state index in [0.29, 0.717) is 36.5 Å². The van der Waals surface area contributed by atoms with Crippen molar-refractivity contribution in [1.82, 2.24) is 10.2 Å². The van der Waals surface area contributed by atoms with E-state index in [0.717, 1.165) is 53.8 Å². The lowest BCUT2D eigenvalue weighted by atomic mass is 9.47. The fraction of sp³-hybridized carbons (Fsp3) is 0.925. The van der Waals surface area contributed by atoms with Crippen molar-refractivity contribution in [2.24, 2.45) is 63.7 Å². The van der Waals surface area contributed by atoms with Crippen LogP contribution in [0.5, 0.6) is 0 Å². The SMILES string of the molecule is CC[C@H](CC[C@@H](C)[C@H]1CC[C@H]2[C@@H]3CC=C4C[C@@H](OC(=O)N(CCCCNCC(F)(F)CN)CC(F)(F)CN)CC[C@]4(C)[C@H]3CC[C@]12C)C(C)C.Cl.Cl.Cl. The molecule has 5 N–H and O–H groups in total. The first-order chi connectivity index (χ1) is 23.5. The predicted molar refractivity (Wildman–Crippen MR) is 216 cm³/mol. The second-order valence-electron chi connectivity index (χ2n) is 17.6. The zero-order chi connectivity index (χ0) is 36.9. The summed E-state index contributed by atoms with van der Waals surface area (Å²) in [5.41, 5.74) is 12.3. The highest BCUT2D eigenvalue weighted by molar-refractivity contribution is 5.86. The second kappa shape index (κ2) is 21.3. The van der Waals surface area contributed by atoms with Gasteiger partial charge in [-0.25, -0.2) is 22.4 Å². The number of alkyl halides is 4. The number of rotatable bonds is 18. The van der Waals surface area contributed by atoms with Crippen LogP contribution < -0.4 is 16.8 Å². The van der Waals surface area contributed by atoms with E-state index in [4.69, 9.17) is 16.2 Å². The van der Waals surface area contributed by atoms with Crippen LogP contribution in [-0.2, 0) is 4.74 Å². The van der Waals surface area contributed by atoms with Crippen LogP contribution in [0.15, 0.2) is 11.6 Å². The van der Waals surface area contributed by atoms with E-state index in [1.54, 1.807) is 0 Å². The number of carbonyl (C=O) groups excluding carboxylic acids is 1. The Bertz CT molecular complexity index is 1150. The molecule has 314 valence electrons. The molecule has 4 aliphatic carbocycles. The highest BCUT2D eigenvalue weighted by Gasteiger charge is 2.59. The number of hydrogen-bond donors (Lipinski definition) is 3. The summed E-state index contributed by atoms with van der Waals surface area (Å²) in [6.07, 6.45) is 14.8. The molecule has 4 aliphatic rings. The molecule has 13 heteroatoms. The minimum Gasteiger partial charge on any atom is -0.446 e. The summed E-state index contributed by atoms with van der Waals surface area (Å²) in [7, 11) is 0. The summed E-state index contributed by atoms with van der Waals surface area (Å²) >= 11 is 0. The van der Waals surface area contributed by atoms with Crippen molar-refractivity contribution in [3.63, 3.8) is 0 Å². The van der Waals surface area contributed by atoms with E-state index >= 15 is 0 Å². The minimum absolute atomic E-state index is 0. The third kappa shape index (κ3) is 12.2. The number of carbonyl (C=O) groups is 1. The first-order valence-corrected chi connectivity index (χ1v) is 20.0. The molecule has 0 aliphatic heterocycles. The summed E-state index contributed by atoms with van der Waals surface area (Å²) in [4.78, 5) is 14.4. The van der Waals surface area contributed by atoms with E-state index in [1.807, 2.05) is 0 Å².